The lowest BCUT2D eigenvalue weighted by molar-refractivity contribution is 0.0604. The molecule has 0 aliphatic carbocycles. The molecule has 1 amide bonds. The predicted molar refractivity (Wildman–Crippen MR) is 97.2 cm³/mol. The van der Waals surface area contributed by atoms with Crippen LogP contribution in [-0.2, 0) is 0 Å². The summed E-state index contributed by atoms with van der Waals surface area (Å²) in [6, 6.07) is 6.57. The smallest absolute Gasteiger partial charge is 0.265 e. The van der Waals surface area contributed by atoms with Gasteiger partial charge in [-0.2, -0.15) is 0 Å². The van der Waals surface area contributed by atoms with E-state index in [1.165, 1.54) is 16.9 Å². The lowest BCUT2D eigenvalue weighted by atomic mass is 10.1. The summed E-state index contributed by atoms with van der Waals surface area (Å²) < 4.78 is 1.08. The number of benzene rings is 1. The van der Waals surface area contributed by atoms with E-state index in [4.69, 9.17) is 11.6 Å². The number of carbonyl (C=O) groups excluding carboxylic acids is 1. The van der Waals surface area contributed by atoms with E-state index >= 15 is 0 Å². The summed E-state index contributed by atoms with van der Waals surface area (Å²) in [5, 5.41) is 1.58. The molecule has 120 valence electrons. The molecule has 0 aliphatic rings. The van der Waals surface area contributed by atoms with Crippen molar-refractivity contribution in [2.45, 2.75) is 59.5 Å². The Balaban J connectivity index is 2.48. The number of aryl methyl sites for hydroxylation is 1. The zero-order valence-corrected chi connectivity index (χ0v) is 15.5. The number of hydrogen-bond donors (Lipinski definition) is 0. The molecule has 2 nitrogen and oxygen atoms in total. The highest BCUT2D eigenvalue weighted by molar-refractivity contribution is 7.21. The highest BCUT2D eigenvalue weighted by Gasteiger charge is 2.28. The first-order valence-corrected chi connectivity index (χ1v) is 9.11. The Morgan fingerprint density at radius 1 is 1.23 bits per heavy atom. The van der Waals surface area contributed by atoms with Gasteiger partial charge in [0.15, 0.2) is 0 Å². The third-order valence-corrected chi connectivity index (χ3v) is 5.99. The minimum atomic E-state index is 0.0625. The number of hydrogen-bond acceptors (Lipinski definition) is 2. The monoisotopic (exact) mass is 337 g/mol. The third kappa shape index (κ3) is 3.16. The van der Waals surface area contributed by atoms with E-state index in [0.717, 1.165) is 22.9 Å². The summed E-state index contributed by atoms with van der Waals surface area (Å²) in [6.07, 6.45) is 1.88. The summed E-state index contributed by atoms with van der Waals surface area (Å²) in [7, 11) is 0. The number of nitrogens with zero attached hydrogens (tertiary/aromatic N) is 1. The second-order valence-electron chi connectivity index (χ2n) is 5.97. The van der Waals surface area contributed by atoms with Crippen molar-refractivity contribution < 1.29 is 4.79 Å². The van der Waals surface area contributed by atoms with Crippen molar-refractivity contribution in [3.8, 4) is 0 Å². The molecule has 4 heteroatoms. The largest absolute Gasteiger partial charge is 0.333 e. The maximum absolute atomic E-state index is 13.1. The van der Waals surface area contributed by atoms with Crippen LogP contribution in [-0.4, -0.2) is 22.9 Å². The van der Waals surface area contributed by atoms with Crippen molar-refractivity contribution in [1.29, 1.82) is 0 Å². The van der Waals surface area contributed by atoms with Crippen molar-refractivity contribution >= 4 is 38.9 Å². The van der Waals surface area contributed by atoms with E-state index in [9.17, 15) is 4.79 Å². The van der Waals surface area contributed by atoms with E-state index in [2.05, 4.69) is 40.7 Å². The fourth-order valence-corrected chi connectivity index (χ4v) is 4.21. The Hall–Kier alpha value is -1.06. The molecule has 0 aliphatic heterocycles. The fraction of sp³-hybridized carbons (Fsp3) is 0.500. The van der Waals surface area contributed by atoms with E-state index in [1.807, 2.05) is 17.0 Å². The molecule has 0 saturated carbocycles. The molecule has 1 aromatic carbocycles. The Morgan fingerprint density at radius 3 is 2.36 bits per heavy atom. The average Bonchev–Trinajstić information content (AvgIpc) is 2.83. The van der Waals surface area contributed by atoms with Gasteiger partial charge in [0.05, 0.1) is 5.02 Å². The van der Waals surface area contributed by atoms with Crippen LogP contribution in [0.4, 0.5) is 0 Å². The van der Waals surface area contributed by atoms with Gasteiger partial charge in [0, 0.05) is 22.2 Å². The number of rotatable bonds is 5. The molecule has 2 atom stereocenters. The van der Waals surface area contributed by atoms with Crippen molar-refractivity contribution in [2.75, 3.05) is 0 Å². The lowest BCUT2D eigenvalue weighted by Crippen LogP contribution is -2.44. The summed E-state index contributed by atoms with van der Waals surface area (Å²) in [4.78, 5) is 15.7. The van der Waals surface area contributed by atoms with Crippen LogP contribution in [0.2, 0.25) is 5.02 Å². The molecular weight excluding hydrogens is 314 g/mol. The molecule has 2 aromatic rings. The van der Waals surface area contributed by atoms with Gasteiger partial charge in [-0.05, 0) is 45.2 Å². The van der Waals surface area contributed by atoms with E-state index in [1.54, 1.807) is 0 Å². The maximum atomic E-state index is 13.1. The lowest BCUT2D eigenvalue weighted by Gasteiger charge is -2.33. The Labute approximate surface area is 142 Å². The van der Waals surface area contributed by atoms with Gasteiger partial charge in [-0.3, -0.25) is 4.79 Å². The van der Waals surface area contributed by atoms with Crippen molar-refractivity contribution in [3.05, 3.63) is 33.7 Å². The molecule has 1 aromatic heterocycles. The first kappa shape index (κ1) is 17.3. The second-order valence-corrected chi connectivity index (χ2v) is 7.40. The second kappa shape index (κ2) is 7.01. The molecule has 0 fully saturated rings. The molecule has 0 spiro atoms. The molecule has 0 N–H and O–H groups in total. The topological polar surface area (TPSA) is 20.3 Å². The van der Waals surface area contributed by atoms with E-state index in [0.29, 0.717) is 9.90 Å². The molecule has 0 bridgehead atoms. The number of amides is 1. The zero-order valence-electron chi connectivity index (χ0n) is 13.9. The van der Waals surface area contributed by atoms with Gasteiger partial charge in [0.1, 0.15) is 4.88 Å². The number of fused-ring (bicyclic) bond motifs is 1. The minimum absolute atomic E-state index is 0.0625. The summed E-state index contributed by atoms with van der Waals surface area (Å²) >= 11 is 8.01. The van der Waals surface area contributed by atoms with Gasteiger partial charge in [-0.15, -0.1) is 11.3 Å². The van der Waals surface area contributed by atoms with Gasteiger partial charge >= 0.3 is 0 Å². The van der Waals surface area contributed by atoms with Crippen LogP contribution in [0.15, 0.2) is 18.2 Å². The first-order valence-electron chi connectivity index (χ1n) is 7.91. The first-order chi connectivity index (χ1) is 10.4. The van der Waals surface area contributed by atoms with E-state index < -0.39 is 0 Å². The predicted octanol–water partition coefficient (Wildman–Crippen LogP) is 5.90. The molecular formula is C18H24ClNOS. The van der Waals surface area contributed by atoms with Gasteiger partial charge in [-0.1, -0.05) is 37.6 Å². The average molecular weight is 338 g/mol. The number of carbonyl (C=O) groups is 1. The highest BCUT2D eigenvalue weighted by Crippen LogP contribution is 2.37. The molecule has 2 unspecified atom stereocenters. The van der Waals surface area contributed by atoms with Crippen LogP contribution in [0, 0.1) is 6.92 Å². The van der Waals surface area contributed by atoms with Crippen LogP contribution in [0.1, 0.15) is 55.8 Å². The standard InChI is InChI=1S/C18H24ClNOS/c1-6-12(4)20(13(5)7-2)18(21)17-16(19)14-9-8-11(3)10-15(14)22-17/h8-10,12-13H,6-7H2,1-5H3. The number of thiophene rings is 1. The van der Waals surface area contributed by atoms with Gasteiger partial charge in [0.2, 0.25) is 0 Å². The molecule has 1 heterocycles. The van der Waals surface area contributed by atoms with Crippen molar-refractivity contribution in [2.24, 2.45) is 0 Å². The van der Waals surface area contributed by atoms with Crippen LogP contribution in [0.25, 0.3) is 10.1 Å². The Bertz CT molecular complexity index is 669. The fourth-order valence-electron chi connectivity index (χ4n) is 2.66. The molecule has 0 saturated heterocycles. The van der Waals surface area contributed by atoms with Crippen LogP contribution < -0.4 is 0 Å². The summed E-state index contributed by atoms with van der Waals surface area (Å²) in [6.45, 7) is 10.5. The van der Waals surface area contributed by atoms with Crippen molar-refractivity contribution in [1.82, 2.24) is 4.90 Å². The van der Waals surface area contributed by atoms with Gasteiger partial charge < -0.3 is 4.90 Å². The highest BCUT2D eigenvalue weighted by atomic mass is 35.5. The number of halogens is 1. The SMILES string of the molecule is CCC(C)N(C(=O)c1sc2cc(C)ccc2c1Cl)C(C)CC. The van der Waals surface area contributed by atoms with Gasteiger partial charge in [-0.25, -0.2) is 0 Å². The van der Waals surface area contributed by atoms with Crippen molar-refractivity contribution in [3.63, 3.8) is 0 Å². The van der Waals surface area contributed by atoms with Gasteiger partial charge in [0.25, 0.3) is 5.91 Å². The third-order valence-electron chi connectivity index (χ3n) is 4.35. The Kier molecular flexibility index (Phi) is 5.51. The molecule has 0 radical (unpaired) electrons. The quantitative estimate of drug-likeness (QED) is 0.664. The normalized spacial score (nSPS) is 14.1. The van der Waals surface area contributed by atoms with Crippen LogP contribution >= 0.6 is 22.9 Å². The minimum Gasteiger partial charge on any atom is -0.333 e. The summed E-state index contributed by atoms with van der Waals surface area (Å²) in [5.74, 6) is 0.0625. The van der Waals surface area contributed by atoms with Crippen LogP contribution in [0.3, 0.4) is 0 Å². The zero-order chi connectivity index (χ0) is 16.4. The van der Waals surface area contributed by atoms with Crippen LogP contribution in [0.5, 0.6) is 0 Å². The van der Waals surface area contributed by atoms with E-state index in [-0.39, 0.29) is 18.0 Å². The molecule has 22 heavy (non-hydrogen) atoms. The summed E-state index contributed by atoms with van der Waals surface area (Å²) in [5.41, 5.74) is 1.19. The Morgan fingerprint density at radius 2 is 1.82 bits per heavy atom. The molecule has 2 rings (SSSR count). The maximum Gasteiger partial charge on any atom is 0.265 e.